The number of nitrogens with two attached hydrogens (primary N) is 1. The van der Waals surface area contributed by atoms with Crippen LogP contribution in [0.2, 0.25) is 0 Å². The van der Waals surface area contributed by atoms with Gasteiger partial charge in [0.15, 0.2) is 11.6 Å². The summed E-state index contributed by atoms with van der Waals surface area (Å²) in [5.41, 5.74) is 6.24. The smallest absolute Gasteiger partial charge is 0.228 e. The summed E-state index contributed by atoms with van der Waals surface area (Å²) in [5, 5.41) is 2.41. The molecule has 1 aliphatic rings. The average molecular weight is 411 g/mol. The number of benzene rings is 1. The molecule has 0 aliphatic heterocycles. The van der Waals surface area contributed by atoms with Crippen LogP contribution in [-0.4, -0.2) is 20.9 Å². The van der Waals surface area contributed by atoms with Crippen LogP contribution >= 0.6 is 0 Å². The van der Waals surface area contributed by atoms with Gasteiger partial charge < -0.3 is 15.8 Å². The molecule has 3 N–H and O–H groups in total. The van der Waals surface area contributed by atoms with Crippen molar-refractivity contribution in [2.24, 2.45) is 5.92 Å². The molecular formula is C21H19F2N5O2. The fourth-order valence-electron chi connectivity index (χ4n) is 2.96. The first-order chi connectivity index (χ1) is 14.5. The molecule has 1 amide bonds. The number of nitrogen functional groups attached to an aromatic ring is 1. The van der Waals surface area contributed by atoms with E-state index in [1.165, 1.54) is 24.5 Å². The van der Waals surface area contributed by atoms with Crippen LogP contribution in [0.3, 0.4) is 0 Å². The van der Waals surface area contributed by atoms with E-state index in [4.69, 9.17) is 10.5 Å². The van der Waals surface area contributed by atoms with Crippen molar-refractivity contribution in [2.45, 2.75) is 25.7 Å². The Hall–Kier alpha value is -3.62. The topological polar surface area (TPSA) is 103 Å². The van der Waals surface area contributed by atoms with E-state index in [1.54, 1.807) is 18.2 Å². The molecule has 4 rings (SSSR count). The Morgan fingerprint density at radius 1 is 1.13 bits per heavy atom. The third-order valence-electron chi connectivity index (χ3n) is 4.73. The summed E-state index contributed by atoms with van der Waals surface area (Å²) < 4.78 is 34.6. The van der Waals surface area contributed by atoms with Crippen LogP contribution in [0.4, 0.5) is 20.4 Å². The zero-order valence-electron chi connectivity index (χ0n) is 15.9. The molecule has 0 unspecified atom stereocenters. The summed E-state index contributed by atoms with van der Waals surface area (Å²) in [7, 11) is 0. The number of anilines is 2. The van der Waals surface area contributed by atoms with Gasteiger partial charge in [-0.2, -0.15) is 4.39 Å². The molecular weight excluding hydrogens is 392 g/mol. The van der Waals surface area contributed by atoms with Gasteiger partial charge in [-0.25, -0.2) is 19.3 Å². The Kier molecular flexibility index (Phi) is 5.51. The van der Waals surface area contributed by atoms with Crippen LogP contribution in [0.15, 0.2) is 42.7 Å². The zero-order valence-corrected chi connectivity index (χ0v) is 15.9. The molecule has 9 heteroatoms. The molecule has 2 aromatic heterocycles. The van der Waals surface area contributed by atoms with Crippen LogP contribution in [0.5, 0.6) is 11.6 Å². The van der Waals surface area contributed by atoms with Gasteiger partial charge in [0, 0.05) is 18.8 Å². The maximum absolute atomic E-state index is 14.6. The summed E-state index contributed by atoms with van der Waals surface area (Å²) in [4.78, 5) is 24.0. The van der Waals surface area contributed by atoms with Gasteiger partial charge in [-0.1, -0.05) is 12.8 Å². The van der Waals surface area contributed by atoms with E-state index >= 15 is 0 Å². The van der Waals surface area contributed by atoms with Gasteiger partial charge >= 0.3 is 0 Å². The van der Waals surface area contributed by atoms with Gasteiger partial charge in [0.1, 0.15) is 0 Å². The van der Waals surface area contributed by atoms with Crippen molar-refractivity contribution >= 4 is 17.5 Å². The fourth-order valence-corrected chi connectivity index (χ4v) is 2.96. The lowest BCUT2D eigenvalue weighted by Gasteiger charge is -2.12. The molecule has 2 heterocycles. The Morgan fingerprint density at radius 2 is 1.97 bits per heavy atom. The maximum Gasteiger partial charge on any atom is 0.228 e. The molecule has 7 nitrogen and oxygen atoms in total. The van der Waals surface area contributed by atoms with Crippen molar-refractivity contribution in [1.29, 1.82) is 0 Å². The van der Waals surface area contributed by atoms with E-state index in [9.17, 15) is 13.6 Å². The minimum absolute atomic E-state index is 0.0233. The number of pyridine rings is 1. The number of aromatic nitrogens is 3. The highest BCUT2D eigenvalue weighted by Gasteiger charge is 2.23. The number of rotatable bonds is 7. The van der Waals surface area contributed by atoms with Crippen LogP contribution in [0.1, 0.15) is 25.7 Å². The largest absolute Gasteiger partial charge is 0.435 e. The number of hydrogen-bond acceptors (Lipinski definition) is 6. The second kappa shape index (κ2) is 8.40. The van der Waals surface area contributed by atoms with E-state index in [1.807, 2.05) is 0 Å². The van der Waals surface area contributed by atoms with E-state index in [2.05, 4.69) is 20.3 Å². The van der Waals surface area contributed by atoms with E-state index < -0.39 is 11.6 Å². The lowest BCUT2D eigenvalue weighted by Crippen LogP contribution is -2.13. The minimum atomic E-state index is -1.23. The number of hydrogen-bond donors (Lipinski definition) is 2. The van der Waals surface area contributed by atoms with E-state index in [0.717, 1.165) is 19.3 Å². The summed E-state index contributed by atoms with van der Waals surface area (Å²) in [6.45, 7) is 0. The van der Waals surface area contributed by atoms with Gasteiger partial charge in [-0.3, -0.25) is 4.79 Å². The fraction of sp³-hybridized carbons (Fsp3) is 0.238. The molecule has 1 aromatic carbocycles. The first-order valence-electron chi connectivity index (χ1n) is 9.51. The quantitative estimate of drug-likeness (QED) is 0.600. The first-order valence-corrected chi connectivity index (χ1v) is 9.51. The number of halogens is 2. The van der Waals surface area contributed by atoms with Crippen molar-refractivity contribution in [2.75, 3.05) is 11.1 Å². The van der Waals surface area contributed by atoms with Gasteiger partial charge in [0.2, 0.25) is 23.6 Å². The van der Waals surface area contributed by atoms with Gasteiger partial charge in [0.05, 0.1) is 16.9 Å². The number of nitrogens with zero attached hydrogens (tertiary/aromatic N) is 3. The molecule has 0 saturated heterocycles. The maximum atomic E-state index is 14.6. The molecule has 0 atom stereocenters. The lowest BCUT2D eigenvalue weighted by molar-refractivity contribution is -0.116. The number of nitrogens with one attached hydrogen (secondary N) is 1. The second-order valence-corrected chi connectivity index (χ2v) is 7.03. The highest BCUT2D eigenvalue weighted by atomic mass is 19.2. The Bertz CT molecular complexity index is 1090. The van der Waals surface area contributed by atoms with Crippen molar-refractivity contribution in [3.8, 4) is 22.9 Å². The van der Waals surface area contributed by atoms with Crippen LogP contribution < -0.4 is 15.8 Å². The summed E-state index contributed by atoms with van der Waals surface area (Å²) >= 11 is 0. The average Bonchev–Trinajstić information content (AvgIpc) is 3.57. The SMILES string of the molecule is Nc1nccc(-c2cccnc2Oc2ccc(NC(=O)CCC3CC3)c(F)c2F)n1. The molecule has 1 fully saturated rings. The second-order valence-electron chi connectivity index (χ2n) is 7.03. The summed E-state index contributed by atoms with van der Waals surface area (Å²) in [5.74, 6) is -2.49. The van der Waals surface area contributed by atoms with Gasteiger partial charge in [-0.15, -0.1) is 0 Å². The van der Waals surface area contributed by atoms with Crippen molar-refractivity contribution < 1.29 is 18.3 Å². The third-order valence-corrected chi connectivity index (χ3v) is 4.73. The van der Waals surface area contributed by atoms with Crippen LogP contribution in [0, 0.1) is 17.6 Å². The predicted molar refractivity (Wildman–Crippen MR) is 107 cm³/mol. The Morgan fingerprint density at radius 3 is 2.73 bits per heavy atom. The molecule has 3 aromatic rings. The molecule has 30 heavy (non-hydrogen) atoms. The zero-order chi connectivity index (χ0) is 21.1. The van der Waals surface area contributed by atoms with Crippen LogP contribution in [-0.2, 0) is 4.79 Å². The molecule has 0 bridgehead atoms. The number of ether oxygens (including phenoxy) is 1. The van der Waals surface area contributed by atoms with Crippen molar-refractivity contribution in [3.63, 3.8) is 0 Å². The highest BCUT2D eigenvalue weighted by molar-refractivity contribution is 5.90. The van der Waals surface area contributed by atoms with Crippen molar-refractivity contribution in [1.82, 2.24) is 15.0 Å². The number of carbonyl (C=O) groups is 1. The normalized spacial score (nSPS) is 13.1. The predicted octanol–water partition coefficient (Wildman–Crippen LogP) is 4.32. The molecule has 0 radical (unpaired) electrons. The van der Waals surface area contributed by atoms with Crippen LogP contribution in [0.25, 0.3) is 11.3 Å². The molecule has 1 aliphatic carbocycles. The van der Waals surface area contributed by atoms with Gasteiger partial charge in [-0.05, 0) is 42.7 Å². The summed E-state index contributed by atoms with van der Waals surface area (Å²) in [6, 6.07) is 7.40. The Balaban J connectivity index is 1.54. The van der Waals surface area contributed by atoms with E-state index in [0.29, 0.717) is 17.2 Å². The van der Waals surface area contributed by atoms with Gasteiger partial charge in [0.25, 0.3) is 0 Å². The van der Waals surface area contributed by atoms with E-state index in [-0.39, 0.29) is 35.6 Å². The summed E-state index contributed by atoms with van der Waals surface area (Å²) in [6.07, 6.45) is 6.21. The highest BCUT2D eigenvalue weighted by Crippen LogP contribution is 2.35. The molecule has 0 spiro atoms. The number of carbonyl (C=O) groups excluding carboxylic acids is 1. The molecule has 1 saturated carbocycles. The lowest BCUT2D eigenvalue weighted by atomic mass is 10.2. The van der Waals surface area contributed by atoms with Crippen molar-refractivity contribution in [3.05, 3.63) is 54.4 Å². The molecule has 154 valence electrons. The Labute approximate surface area is 171 Å². The monoisotopic (exact) mass is 411 g/mol. The standard InChI is InChI=1S/C21H19F2N5O2/c22-18-15(27-17(29)8-5-12-3-4-12)6-7-16(19(18)23)30-20-13(2-1-10-25-20)14-9-11-26-21(24)28-14/h1-2,6-7,9-12H,3-5,8H2,(H,27,29)(H2,24,26,28). The minimum Gasteiger partial charge on any atom is -0.435 e. The third kappa shape index (κ3) is 4.51. The first kappa shape index (κ1) is 19.7. The number of amides is 1.